The molecule has 10 heteroatoms. The van der Waals surface area contributed by atoms with Gasteiger partial charge in [0.1, 0.15) is 18.2 Å². The lowest BCUT2D eigenvalue weighted by Gasteiger charge is -2.33. The average Bonchev–Trinajstić information content (AvgIpc) is 3.34. The maximum Gasteiger partial charge on any atom is 0.317 e. The van der Waals surface area contributed by atoms with E-state index in [1.807, 2.05) is 41.3 Å². The molecule has 0 spiro atoms. The van der Waals surface area contributed by atoms with Gasteiger partial charge < -0.3 is 15.2 Å². The molecule has 0 unspecified atom stereocenters. The van der Waals surface area contributed by atoms with E-state index in [1.54, 1.807) is 12.3 Å². The van der Waals surface area contributed by atoms with E-state index in [-0.39, 0.29) is 12.6 Å². The average molecular weight is 515 g/mol. The van der Waals surface area contributed by atoms with Crippen LogP contribution in [0.1, 0.15) is 16.8 Å². The number of hydrogen-bond acceptors (Lipinski definition) is 9. The standard InChI is InChI=1S/C27H26N6O3S/c28-15-21(26-30-23-3-1-2-4-24(23)37-26)22-9-10-29-27(31-22)36-18-20-7-5-19(6-8-20)16-32-11-13-33(14-12-32)17-25(34)35/h1-10,30H,11-14,16-18H2,(H,34,35). The molecule has 0 aliphatic carbocycles. The molecular weight excluding hydrogens is 488 g/mol. The number of nitrogens with zero attached hydrogens (tertiary/aromatic N) is 5. The first-order valence-electron chi connectivity index (χ1n) is 12.0. The molecule has 0 bridgehead atoms. The van der Waals surface area contributed by atoms with Crippen molar-refractivity contribution in [3.63, 3.8) is 0 Å². The second-order valence-electron chi connectivity index (χ2n) is 8.81. The van der Waals surface area contributed by atoms with Crippen LogP contribution in [0, 0.1) is 11.3 Å². The fourth-order valence-corrected chi connectivity index (χ4v) is 5.26. The molecular formula is C27H26N6O3S. The van der Waals surface area contributed by atoms with E-state index in [2.05, 4.69) is 38.4 Å². The number of carbonyl (C=O) groups is 1. The van der Waals surface area contributed by atoms with Crippen molar-refractivity contribution in [3.8, 4) is 12.1 Å². The van der Waals surface area contributed by atoms with E-state index in [0.29, 0.717) is 17.9 Å². The Kier molecular flexibility index (Phi) is 7.65. The smallest absolute Gasteiger partial charge is 0.317 e. The summed E-state index contributed by atoms with van der Waals surface area (Å²) < 4.78 is 5.84. The number of piperazine rings is 1. The Bertz CT molecular complexity index is 1320. The predicted molar refractivity (Wildman–Crippen MR) is 141 cm³/mol. The fourth-order valence-electron chi connectivity index (χ4n) is 4.25. The van der Waals surface area contributed by atoms with Gasteiger partial charge >= 0.3 is 12.0 Å². The van der Waals surface area contributed by atoms with Gasteiger partial charge in [0.25, 0.3) is 0 Å². The Balaban J connectivity index is 1.16. The van der Waals surface area contributed by atoms with Crippen molar-refractivity contribution < 1.29 is 14.6 Å². The second-order valence-corrected chi connectivity index (χ2v) is 9.87. The summed E-state index contributed by atoms with van der Waals surface area (Å²) in [7, 11) is 0. The number of rotatable bonds is 8. The van der Waals surface area contributed by atoms with Gasteiger partial charge in [-0.2, -0.15) is 10.2 Å². The van der Waals surface area contributed by atoms with E-state index in [1.165, 1.54) is 17.3 Å². The lowest BCUT2D eigenvalue weighted by Crippen LogP contribution is -2.47. The van der Waals surface area contributed by atoms with Gasteiger partial charge in [0.05, 0.1) is 23.0 Å². The molecule has 2 aromatic carbocycles. The third-order valence-electron chi connectivity index (χ3n) is 6.20. The summed E-state index contributed by atoms with van der Waals surface area (Å²) in [6.07, 6.45) is 1.60. The van der Waals surface area contributed by atoms with Crippen LogP contribution >= 0.6 is 11.8 Å². The van der Waals surface area contributed by atoms with Crippen molar-refractivity contribution in [2.75, 3.05) is 38.0 Å². The summed E-state index contributed by atoms with van der Waals surface area (Å²) in [5.41, 5.74) is 4.12. The van der Waals surface area contributed by atoms with E-state index >= 15 is 0 Å². The molecule has 0 radical (unpaired) electrons. The number of fused-ring (bicyclic) bond motifs is 1. The van der Waals surface area contributed by atoms with E-state index < -0.39 is 5.97 Å². The summed E-state index contributed by atoms with van der Waals surface area (Å²) in [4.78, 5) is 24.9. The minimum atomic E-state index is -0.776. The number of benzene rings is 2. The summed E-state index contributed by atoms with van der Waals surface area (Å²) in [5, 5.41) is 22.8. The van der Waals surface area contributed by atoms with Crippen LogP contribution in [0.5, 0.6) is 6.01 Å². The Morgan fingerprint density at radius 1 is 1.05 bits per heavy atom. The fraction of sp³-hybridized carbons (Fsp3) is 0.259. The zero-order chi connectivity index (χ0) is 25.6. The zero-order valence-electron chi connectivity index (χ0n) is 20.1. The van der Waals surface area contributed by atoms with Crippen molar-refractivity contribution in [3.05, 3.63) is 82.6 Å². The maximum atomic E-state index is 10.9. The highest BCUT2D eigenvalue weighted by Gasteiger charge is 2.21. The van der Waals surface area contributed by atoms with Crippen LogP contribution in [0.25, 0.3) is 5.57 Å². The molecule has 0 atom stereocenters. The van der Waals surface area contributed by atoms with Crippen molar-refractivity contribution in [2.24, 2.45) is 0 Å². The number of aromatic nitrogens is 2. The van der Waals surface area contributed by atoms with E-state index in [9.17, 15) is 10.1 Å². The number of aliphatic carboxylic acids is 1. The molecule has 3 heterocycles. The zero-order valence-corrected chi connectivity index (χ0v) is 20.9. The summed E-state index contributed by atoms with van der Waals surface area (Å²) in [5.74, 6) is -0.776. The maximum absolute atomic E-state index is 10.9. The van der Waals surface area contributed by atoms with Gasteiger partial charge in [0.15, 0.2) is 0 Å². The normalized spacial score (nSPS) is 16.9. The molecule has 2 N–H and O–H groups in total. The number of carboxylic acid groups (broad SMARTS) is 1. The van der Waals surface area contributed by atoms with Crippen LogP contribution in [0.3, 0.4) is 0 Å². The molecule has 9 nitrogen and oxygen atoms in total. The number of hydrogen-bond donors (Lipinski definition) is 2. The molecule has 1 aromatic heterocycles. The van der Waals surface area contributed by atoms with Gasteiger partial charge in [0.2, 0.25) is 0 Å². The highest BCUT2D eigenvalue weighted by atomic mass is 32.2. The molecule has 2 aliphatic heterocycles. The number of carboxylic acids is 1. The molecule has 2 aliphatic rings. The van der Waals surface area contributed by atoms with Crippen LogP contribution in [-0.4, -0.2) is 63.6 Å². The number of ether oxygens (including phenoxy) is 1. The van der Waals surface area contributed by atoms with Crippen LogP contribution in [0.4, 0.5) is 5.69 Å². The Morgan fingerprint density at radius 3 is 2.51 bits per heavy atom. The minimum absolute atomic E-state index is 0.106. The molecule has 3 aromatic rings. The first-order valence-corrected chi connectivity index (χ1v) is 12.8. The van der Waals surface area contributed by atoms with E-state index in [4.69, 9.17) is 9.84 Å². The van der Waals surface area contributed by atoms with Crippen molar-refractivity contribution in [2.45, 2.75) is 18.0 Å². The van der Waals surface area contributed by atoms with Crippen molar-refractivity contribution in [1.29, 1.82) is 5.26 Å². The monoisotopic (exact) mass is 514 g/mol. The van der Waals surface area contributed by atoms with E-state index in [0.717, 1.165) is 53.9 Å². The summed E-state index contributed by atoms with van der Waals surface area (Å²) in [6.45, 7) is 4.49. The van der Waals surface area contributed by atoms with Crippen LogP contribution in [-0.2, 0) is 17.9 Å². The van der Waals surface area contributed by atoms with Gasteiger partial charge in [-0.3, -0.25) is 14.6 Å². The Labute approximate surface area is 219 Å². The Morgan fingerprint density at radius 2 is 1.78 bits per heavy atom. The third-order valence-corrected chi connectivity index (χ3v) is 7.28. The van der Waals surface area contributed by atoms with Gasteiger partial charge in [0, 0.05) is 43.8 Å². The molecule has 1 saturated heterocycles. The number of nitriles is 1. The SMILES string of the molecule is N#CC(=C1Nc2ccccc2S1)c1ccnc(OCc2ccc(CN3CCN(CC(=O)O)CC3)cc2)n1. The first-order chi connectivity index (χ1) is 18.1. The quantitative estimate of drug-likeness (QED) is 0.432. The van der Waals surface area contributed by atoms with Gasteiger partial charge in [-0.05, 0) is 29.3 Å². The highest BCUT2D eigenvalue weighted by molar-refractivity contribution is 8.04. The van der Waals surface area contributed by atoms with Gasteiger partial charge in [-0.1, -0.05) is 48.2 Å². The van der Waals surface area contributed by atoms with Crippen LogP contribution < -0.4 is 10.1 Å². The topological polar surface area (TPSA) is 115 Å². The molecule has 1 fully saturated rings. The van der Waals surface area contributed by atoms with Crippen molar-refractivity contribution in [1.82, 2.24) is 19.8 Å². The number of para-hydroxylation sites is 1. The van der Waals surface area contributed by atoms with Crippen molar-refractivity contribution >= 4 is 29.0 Å². The Hall–Kier alpha value is -3.91. The number of allylic oxidation sites excluding steroid dienone is 1. The van der Waals surface area contributed by atoms with Gasteiger partial charge in [-0.25, -0.2) is 4.98 Å². The lowest BCUT2D eigenvalue weighted by molar-refractivity contribution is -0.138. The van der Waals surface area contributed by atoms with Crippen LogP contribution in [0.15, 0.2) is 70.7 Å². The number of nitrogens with one attached hydrogen (secondary N) is 1. The third kappa shape index (κ3) is 6.27. The molecule has 0 saturated carbocycles. The minimum Gasteiger partial charge on any atom is -0.480 e. The molecule has 188 valence electrons. The largest absolute Gasteiger partial charge is 0.480 e. The predicted octanol–water partition coefficient (Wildman–Crippen LogP) is 3.67. The molecule has 0 amide bonds. The summed E-state index contributed by atoms with van der Waals surface area (Å²) in [6, 6.07) is 20.3. The summed E-state index contributed by atoms with van der Waals surface area (Å²) >= 11 is 1.51. The highest BCUT2D eigenvalue weighted by Crippen LogP contribution is 2.43. The van der Waals surface area contributed by atoms with Crippen LogP contribution in [0.2, 0.25) is 0 Å². The second kappa shape index (κ2) is 11.4. The molecule has 5 rings (SSSR count). The van der Waals surface area contributed by atoms with Gasteiger partial charge in [-0.15, -0.1) is 0 Å². The first kappa shape index (κ1) is 24.8. The molecule has 37 heavy (non-hydrogen) atoms. The lowest BCUT2D eigenvalue weighted by atomic mass is 10.1. The number of anilines is 1. The number of thioether (sulfide) groups is 1.